The summed E-state index contributed by atoms with van der Waals surface area (Å²) in [5.74, 6) is 0.981. The number of rotatable bonds is 5. The highest BCUT2D eigenvalue weighted by Gasteiger charge is 2.22. The van der Waals surface area contributed by atoms with Crippen LogP contribution in [0.25, 0.3) is 0 Å². The van der Waals surface area contributed by atoms with Gasteiger partial charge in [-0.05, 0) is 49.8 Å². The number of piperidine rings is 1. The van der Waals surface area contributed by atoms with Gasteiger partial charge in [-0.2, -0.15) is 0 Å². The van der Waals surface area contributed by atoms with E-state index in [0.29, 0.717) is 5.92 Å². The van der Waals surface area contributed by atoms with Crippen molar-refractivity contribution >= 4 is 18.3 Å². The number of benzene rings is 1. The van der Waals surface area contributed by atoms with Crippen molar-refractivity contribution in [2.24, 2.45) is 11.8 Å². The maximum absolute atomic E-state index is 12.2. The first-order valence-corrected chi connectivity index (χ1v) is 8.16. The van der Waals surface area contributed by atoms with Crippen molar-refractivity contribution in [1.29, 1.82) is 0 Å². The summed E-state index contributed by atoms with van der Waals surface area (Å²) in [7, 11) is 0. The molecule has 0 aliphatic carbocycles. The Bertz CT molecular complexity index is 453. The summed E-state index contributed by atoms with van der Waals surface area (Å²) in [6, 6.07) is 8.72. The zero-order chi connectivity index (χ0) is 15.2. The molecule has 2 N–H and O–H groups in total. The number of carbonyl (C=O) groups excluding carboxylic acids is 1. The summed E-state index contributed by atoms with van der Waals surface area (Å²) in [5.41, 5.74) is 2.54. The Balaban J connectivity index is 0.00000242. The van der Waals surface area contributed by atoms with Gasteiger partial charge in [-0.25, -0.2) is 0 Å². The van der Waals surface area contributed by atoms with Crippen LogP contribution in [0.2, 0.25) is 0 Å². The van der Waals surface area contributed by atoms with Gasteiger partial charge >= 0.3 is 0 Å². The van der Waals surface area contributed by atoms with Crippen LogP contribution in [-0.4, -0.2) is 19.0 Å². The molecule has 1 heterocycles. The lowest BCUT2D eigenvalue weighted by Crippen LogP contribution is -2.41. The first-order valence-electron chi connectivity index (χ1n) is 8.16. The van der Waals surface area contributed by atoms with E-state index < -0.39 is 0 Å². The van der Waals surface area contributed by atoms with E-state index in [1.54, 1.807) is 0 Å². The van der Waals surface area contributed by atoms with Gasteiger partial charge in [0, 0.05) is 6.54 Å². The Labute approximate surface area is 140 Å². The van der Waals surface area contributed by atoms with Crippen molar-refractivity contribution in [3.8, 4) is 0 Å². The fourth-order valence-electron chi connectivity index (χ4n) is 2.90. The molecular weight excluding hydrogens is 296 g/mol. The molecule has 2 rings (SSSR count). The van der Waals surface area contributed by atoms with Crippen LogP contribution < -0.4 is 10.6 Å². The minimum Gasteiger partial charge on any atom is -0.349 e. The van der Waals surface area contributed by atoms with Gasteiger partial charge in [0.25, 0.3) is 0 Å². The average molecular weight is 325 g/mol. The van der Waals surface area contributed by atoms with Crippen molar-refractivity contribution < 1.29 is 4.79 Å². The van der Waals surface area contributed by atoms with E-state index in [2.05, 4.69) is 55.7 Å². The molecule has 4 heteroatoms. The van der Waals surface area contributed by atoms with Gasteiger partial charge in [-0.3, -0.25) is 4.79 Å². The molecule has 3 nitrogen and oxygen atoms in total. The standard InChI is InChI=1S/C18H28N2O.ClH/c1-13(2)11-15-6-8-16(9-7-15)14(3)20-18(21)17-5-4-10-19-12-17;/h6-9,13-14,17,19H,4-5,10-12H2,1-3H3,(H,20,21);1H. The molecule has 0 aromatic heterocycles. The highest BCUT2D eigenvalue weighted by atomic mass is 35.5. The largest absolute Gasteiger partial charge is 0.349 e. The van der Waals surface area contributed by atoms with Crippen LogP contribution in [-0.2, 0) is 11.2 Å². The van der Waals surface area contributed by atoms with Gasteiger partial charge in [0.05, 0.1) is 12.0 Å². The SMILES string of the molecule is CC(C)Cc1ccc(C(C)NC(=O)C2CCCNC2)cc1.Cl. The van der Waals surface area contributed by atoms with E-state index in [0.717, 1.165) is 32.4 Å². The molecular formula is C18H29ClN2O. The minimum absolute atomic E-state index is 0. The van der Waals surface area contributed by atoms with Gasteiger partial charge in [-0.1, -0.05) is 38.1 Å². The van der Waals surface area contributed by atoms with E-state index in [1.807, 2.05) is 0 Å². The summed E-state index contributed by atoms with van der Waals surface area (Å²) in [6.45, 7) is 8.37. The third-order valence-corrected chi connectivity index (χ3v) is 4.15. The van der Waals surface area contributed by atoms with E-state index in [9.17, 15) is 4.79 Å². The lowest BCUT2D eigenvalue weighted by molar-refractivity contribution is -0.126. The number of amides is 1. The first kappa shape index (κ1) is 19.0. The number of halogens is 1. The second kappa shape index (κ2) is 9.16. The van der Waals surface area contributed by atoms with Crippen molar-refractivity contribution in [2.75, 3.05) is 13.1 Å². The Morgan fingerprint density at radius 2 is 1.95 bits per heavy atom. The van der Waals surface area contributed by atoms with Crippen molar-refractivity contribution in [3.05, 3.63) is 35.4 Å². The molecule has 1 saturated heterocycles. The normalized spacial score (nSPS) is 19.4. The lowest BCUT2D eigenvalue weighted by Gasteiger charge is -2.24. The molecule has 1 aliphatic rings. The van der Waals surface area contributed by atoms with E-state index in [-0.39, 0.29) is 30.3 Å². The maximum atomic E-state index is 12.2. The highest BCUT2D eigenvalue weighted by molar-refractivity contribution is 5.85. The molecule has 0 bridgehead atoms. The van der Waals surface area contributed by atoms with Crippen LogP contribution in [0.5, 0.6) is 0 Å². The van der Waals surface area contributed by atoms with Crippen molar-refractivity contribution in [3.63, 3.8) is 0 Å². The van der Waals surface area contributed by atoms with Gasteiger partial charge < -0.3 is 10.6 Å². The zero-order valence-corrected chi connectivity index (χ0v) is 14.7. The van der Waals surface area contributed by atoms with Crippen LogP contribution in [0.3, 0.4) is 0 Å². The highest BCUT2D eigenvalue weighted by Crippen LogP contribution is 2.17. The van der Waals surface area contributed by atoms with Gasteiger partial charge in [0.2, 0.25) is 5.91 Å². The Morgan fingerprint density at radius 3 is 2.50 bits per heavy atom. The van der Waals surface area contributed by atoms with Gasteiger partial charge in [0.1, 0.15) is 0 Å². The fourth-order valence-corrected chi connectivity index (χ4v) is 2.90. The van der Waals surface area contributed by atoms with Gasteiger partial charge in [0.15, 0.2) is 0 Å². The Morgan fingerprint density at radius 1 is 1.27 bits per heavy atom. The number of carbonyl (C=O) groups is 1. The number of nitrogens with one attached hydrogen (secondary N) is 2. The molecule has 124 valence electrons. The molecule has 1 aromatic rings. The second-order valence-corrected chi connectivity index (χ2v) is 6.61. The molecule has 0 radical (unpaired) electrons. The minimum atomic E-state index is 0. The quantitative estimate of drug-likeness (QED) is 0.870. The molecule has 0 saturated carbocycles. The number of hydrogen-bond donors (Lipinski definition) is 2. The summed E-state index contributed by atoms with van der Waals surface area (Å²) >= 11 is 0. The predicted molar refractivity (Wildman–Crippen MR) is 94.4 cm³/mol. The van der Waals surface area contributed by atoms with Crippen LogP contribution in [0.1, 0.15) is 50.8 Å². The maximum Gasteiger partial charge on any atom is 0.224 e. The zero-order valence-electron chi connectivity index (χ0n) is 13.9. The molecule has 1 aliphatic heterocycles. The topological polar surface area (TPSA) is 41.1 Å². The van der Waals surface area contributed by atoms with Crippen LogP contribution in [0.4, 0.5) is 0 Å². The molecule has 1 aromatic carbocycles. The second-order valence-electron chi connectivity index (χ2n) is 6.61. The Kier molecular flexibility index (Phi) is 7.91. The predicted octanol–water partition coefficient (Wildman–Crippen LogP) is 3.48. The molecule has 1 amide bonds. The van der Waals surface area contributed by atoms with E-state index in [1.165, 1.54) is 11.1 Å². The smallest absolute Gasteiger partial charge is 0.224 e. The molecule has 0 spiro atoms. The summed E-state index contributed by atoms with van der Waals surface area (Å²) < 4.78 is 0. The van der Waals surface area contributed by atoms with Crippen molar-refractivity contribution in [1.82, 2.24) is 10.6 Å². The molecule has 2 atom stereocenters. The van der Waals surface area contributed by atoms with Crippen LogP contribution in [0, 0.1) is 11.8 Å². The number of hydrogen-bond acceptors (Lipinski definition) is 2. The van der Waals surface area contributed by atoms with E-state index >= 15 is 0 Å². The lowest BCUT2D eigenvalue weighted by atomic mass is 9.97. The monoisotopic (exact) mass is 324 g/mol. The van der Waals surface area contributed by atoms with Crippen molar-refractivity contribution in [2.45, 2.75) is 46.1 Å². The summed E-state index contributed by atoms with van der Waals surface area (Å²) in [6.07, 6.45) is 3.20. The third-order valence-electron chi connectivity index (χ3n) is 4.15. The van der Waals surface area contributed by atoms with Gasteiger partial charge in [-0.15, -0.1) is 12.4 Å². The summed E-state index contributed by atoms with van der Waals surface area (Å²) in [5, 5.41) is 6.44. The molecule has 2 unspecified atom stereocenters. The first-order chi connectivity index (χ1) is 10.1. The third kappa shape index (κ3) is 5.62. The van der Waals surface area contributed by atoms with Crippen LogP contribution in [0.15, 0.2) is 24.3 Å². The molecule has 1 fully saturated rings. The average Bonchev–Trinajstić information content (AvgIpc) is 2.48. The van der Waals surface area contributed by atoms with E-state index in [4.69, 9.17) is 0 Å². The summed E-state index contributed by atoms with van der Waals surface area (Å²) in [4.78, 5) is 12.2. The fraction of sp³-hybridized carbons (Fsp3) is 0.611. The molecule has 22 heavy (non-hydrogen) atoms. The van der Waals surface area contributed by atoms with Crippen LogP contribution >= 0.6 is 12.4 Å². The Hall–Kier alpha value is -1.06.